The van der Waals surface area contributed by atoms with Gasteiger partial charge in [0.25, 0.3) is 0 Å². The van der Waals surface area contributed by atoms with E-state index in [0.29, 0.717) is 22.6 Å². The second kappa shape index (κ2) is 7.52. The van der Waals surface area contributed by atoms with Crippen LogP contribution in [-0.2, 0) is 16.1 Å². The van der Waals surface area contributed by atoms with Gasteiger partial charge in [0, 0.05) is 12.6 Å². The maximum Gasteiger partial charge on any atom is 0.308 e. The highest BCUT2D eigenvalue weighted by Crippen LogP contribution is 2.36. The van der Waals surface area contributed by atoms with E-state index in [2.05, 4.69) is 10.1 Å². The number of esters is 1. The molecule has 1 fully saturated rings. The number of ether oxygens (including phenoxy) is 3. The molecule has 0 radical (unpaired) electrons. The number of rotatable bonds is 8. The zero-order valence-electron chi connectivity index (χ0n) is 12.3. The first kappa shape index (κ1) is 15.9. The summed E-state index contributed by atoms with van der Waals surface area (Å²) in [5, 5.41) is 3.90. The van der Waals surface area contributed by atoms with E-state index in [-0.39, 0.29) is 19.0 Å². The van der Waals surface area contributed by atoms with Crippen LogP contribution in [0.25, 0.3) is 0 Å². The van der Waals surface area contributed by atoms with Crippen LogP contribution >= 0.6 is 11.6 Å². The van der Waals surface area contributed by atoms with Crippen LogP contribution in [0.15, 0.2) is 12.1 Å². The summed E-state index contributed by atoms with van der Waals surface area (Å²) in [6, 6.07) is 4.38. The van der Waals surface area contributed by atoms with Gasteiger partial charge in [0.1, 0.15) is 0 Å². The number of methoxy groups -OCH3 is 2. The van der Waals surface area contributed by atoms with Crippen molar-refractivity contribution in [1.29, 1.82) is 0 Å². The van der Waals surface area contributed by atoms with Crippen LogP contribution in [-0.4, -0.2) is 32.8 Å². The highest BCUT2D eigenvalue weighted by atomic mass is 35.5. The van der Waals surface area contributed by atoms with Crippen LogP contribution in [0.1, 0.15) is 24.8 Å². The monoisotopic (exact) mass is 313 g/mol. The number of carbonyl (C=O) groups excluding carboxylic acids is 1. The zero-order valence-corrected chi connectivity index (χ0v) is 13.0. The summed E-state index contributed by atoms with van der Waals surface area (Å²) >= 11 is 6.24. The normalized spacial score (nSPS) is 13.9. The van der Waals surface area contributed by atoms with Crippen molar-refractivity contribution in [1.82, 2.24) is 5.32 Å². The third-order valence-electron chi connectivity index (χ3n) is 3.24. The Kier molecular flexibility index (Phi) is 5.70. The molecule has 0 atom stereocenters. The number of hydrogen-bond donors (Lipinski definition) is 1. The fourth-order valence-electron chi connectivity index (χ4n) is 1.90. The molecular weight excluding hydrogens is 294 g/mol. The van der Waals surface area contributed by atoms with Crippen LogP contribution in [0.2, 0.25) is 5.02 Å². The van der Waals surface area contributed by atoms with Crippen LogP contribution in [0.3, 0.4) is 0 Å². The van der Waals surface area contributed by atoms with E-state index in [1.807, 2.05) is 12.1 Å². The van der Waals surface area contributed by atoms with Crippen molar-refractivity contribution in [3.05, 3.63) is 22.7 Å². The summed E-state index contributed by atoms with van der Waals surface area (Å²) in [5.74, 6) is 0.702. The Hall–Kier alpha value is -1.46. The van der Waals surface area contributed by atoms with E-state index in [9.17, 15) is 4.79 Å². The molecule has 1 aliphatic rings. The maximum absolute atomic E-state index is 11.1. The summed E-state index contributed by atoms with van der Waals surface area (Å²) in [6.45, 7) is 0.950. The first-order chi connectivity index (χ1) is 10.1. The van der Waals surface area contributed by atoms with E-state index in [4.69, 9.17) is 21.1 Å². The summed E-state index contributed by atoms with van der Waals surface area (Å²) < 4.78 is 15.4. The highest BCUT2D eigenvalue weighted by molar-refractivity contribution is 6.32. The third-order valence-corrected chi connectivity index (χ3v) is 3.52. The Labute approximate surface area is 129 Å². The number of halogens is 1. The van der Waals surface area contributed by atoms with Gasteiger partial charge >= 0.3 is 5.97 Å². The van der Waals surface area contributed by atoms with Crippen molar-refractivity contribution in [2.75, 3.05) is 20.8 Å². The third kappa shape index (κ3) is 4.79. The predicted octanol–water partition coefficient (Wildman–Crippen LogP) is 2.54. The average molecular weight is 314 g/mol. The van der Waals surface area contributed by atoms with E-state index in [0.717, 1.165) is 12.1 Å². The zero-order chi connectivity index (χ0) is 15.2. The van der Waals surface area contributed by atoms with E-state index < -0.39 is 0 Å². The lowest BCUT2D eigenvalue weighted by Gasteiger charge is -2.14. The number of hydrogen-bond acceptors (Lipinski definition) is 5. The molecule has 1 aromatic rings. The Balaban J connectivity index is 1.99. The second-order valence-electron chi connectivity index (χ2n) is 4.94. The molecular formula is C15H20ClNO4. The van der Waals surface area contributed by atoms with Crippen LogP contribution < -0.4 is 14.8 Å². The van der Waals surface area contributed by atoms with Crippen LogP contribution in [0.5, 0.6) is 11.5 Å². The molecule has 1 N–H and O–H groups in total. The van der Waals surface area contributed by atoms with Crippen molar-refractivity contribution in [2.45, 2.75) is 31.8 Å². The molecule has 0 spiro atoms. The van der Waals surface area contributed by atoms with Crippen molar-refractivity contribution in [2.24, 2.45) is 0 Å². The fourth-order valence-corrected chi connectivity index (χ4v) is 2.19. The Morgan fingerprint density at radius 1 is 1.38 bits per heavy atom. The highest BCUT2D eigenvalue weighted by Gasteiger charge is 2.20. The molecule has 0 heterocycles. The number of carbonyl (C=O) groups is 1. The smallest absolute Gasteiger partial charge is 0.308 e. The summed E-state index contributed by atoms with van der Waals surface area (Å²) in [4.78, 5) is 11.1. The number of benzene rings is 1. The summed E-state index contributed by atoms with van der Waals surface area (Å²) in [7, 11) is 2.91. The van der Waals surface area contributed by atoms with E-state index in [1.54, 1.807) is 7.11 Å². The maximum atomic E-state index is 11.1. The van der Waals surface area contributed by atoms with Crippen molar-refractivity contribution in [3.63, 3.8) is 0 Å². The molecule has 5 nitrogen and oxygen atoms in total. The predicted molar refractivity (Wildman–Crippen MR) is 80.0 cm³/mol. The molecule has 0 saturated heterocycles. The minimum absolute atomic E-state index is 0.168. The van der Waals surface area contributed by atoms with Crippen LogP contribution in [0.4, 0.5) is 0 Å². The average Bonchev–Trinajstić information content (AvgIpc) is 3.30. The van der Waals surface area contributed by atoms with Crippen molar-refractivity contribution in [3.8, 4) is 11.5 Å². The molecule has 116 valence electrons. The quantitative estimate of drug-likeness (QED) is 0.747. The van der Waals surface area contributed by atoms with Gasteiger partial charge in [-0.2, -0.15) is 0 Å². The first-order valence-corrected chi connectivity index (χ1v) is 7.31. The largest absolute Gasteiger partial charge is 0.493 e. The first-order valence-electron chi connectivity index (χ1n) is 6.93. The molecule has 0 unspecified atom stereocenters. The Morgan fingerprint density at radius 3 is 2.76 bits per heavy atom. The lowest BCUT2D eigenvalue weighted by Crippen LogP contribution is -2.15. The minimum Gasteiger partial charge on any atom is -0.493 e. The van der Waals surface area contributed by atoms with Crippen molar-refractivity contribution >= 4 is 17.6 Å². The molecule has 6 heteroatoms. The molecule has 2 rings (SSSR count). The molecule has 1 saturated carbocycles. The Morgan fingerprint density at radius 2 is 2.14 bits per heavy atom. The van der Waals surface area contributed by atoms with E-state index >= 15 is 0 Å². The molecule has 21 heavy (non-hydrogen) atoms. The van der Waals surface area contributed by atoms with Gasteiger partial charge in [0.05, 0.1) is 32.3 Å². The van der Waals surface area contributed by atoms with Gasteiger partial charge in [-0.3, -0.25) is 4.79 Å². The lowest BCUT2D eigenvalue weighted by atomic mass is 10.2. The standard InChI is InChI=1S/C15H20ClNO4/c1-19-13-8-10(9-17-11-3-4-11)7-12(16)15(13)21-6-5-14(18)20-2/h7-8,11,17H,3-6,9H2,1-2H3. The van der Waals surface area contributed by atoms with Gasteiger partial charge < -0.3 is 19.5 Å². The van der Waals surface area contributed by atoms with Gasteiger partial charge in [-0.1, -0.05) is 11.6 Å². The van der Waals surface area contributed by atoms with Gasteiger partial charge in [0.2, 0.25) is 0 Å². The SMILES string of the molecule is COC(=O)CCOc1c(Cl)cc(CNC2CC2)cc1OC. The van der Waals surface area contributed by atoms with Crippen LogP contribution in [0, 0.1) is 0 Å². The van der Waals surface area contributed by atoms with E-state index in [1.165, 1.54) is 20.0 Å². The molecule has 1 aromatic carbocycles. The molecule has 0 aliphatic heterocycles. The van der Waals surface area contributed by atoms with Gasteiger partial charge in [0.15, 0.2) is 11.5 Å². The molecule has 1 aliphatic carbocycles. The van der Waals surface area contributed by atoms with Gasteiger partial charge in [-0.15, -0.1) is 0 Å². The number of nitrogens with one attached hydrogen (secondary N) is 1. The summed E-state index contributed by atoms with van der Waals surface area (Å²) in [6.07, 6.45) is 2.64. The fraction of sp³-hybridized carbons (Fsp3) is 0.533. The molecule has 0 amide bonds. The van der Waals surface area contributed by atoms with Gasteiger partial charge in [-0.05, 0) is 30.5 Å². The van der Waals surface area contributed by atoms with Gasteiger partial charge in [-0.25, -0.2) is 0 Å². The second-order valence-corrected chi connectivity index (χ2v) is 5.35. The molecule has 0 aromatic heterocycles. The minimum atomic E-state index is -0.324. The lowest BCUT2D eigenvalue weighted by molar-refractivity contribution is -0.141. The summed E-state index contributed by atoms with van der Waals surface area (Å²) in [5.41, 5.74) is 1.05. The Bertz CT molecular complexity index is 503. The van der Waals surface area contributed by atoms with Crippen molar-refractivity contribution < 1.29 is 19.0 Å². The topological polar surface area (TPSA) is 56.8 Å². The molecule has 0 bridgehead atoms.